The Bertz CT molecular complexity index is 175. The van der Waals surface area contributed by atoms with E-state index in [4.69, 9.17) is 5.21 Å². The average molecular weight is 169 g/mol. The molecule has 0 unspecified atom stereocenters. The first-order chi connectivity index (χ1) is 5.65. The Balaban J connectivity index is 2.63. The van der Waals surface area contributed by atoms with Gasteiger partial charge in [0.25, 0.3) is 0 Å². The van der Waals surface area contributed by atoms with Crippen molar-refractivity contribution in [3.8, 4) is 0 Å². The van der Waals surface area contributed by atoms with Crippen molar-refractivity contribution in [1.29, 1.82) is 0 Å². The summed E-state index contributed by atoms with van der Waals surface area (Å²) in [4.78, 5) is 0. The minimum Gasteiger partial charge on any atom is -0.411 e. The number of oxime groups is 1. The Morgan fingerprint density at radius 2 is 2.08 bits per heavy atom. The first-order valence-electron chi connectivity index (χ1n) is 4.86. The van der Waals surface area contributed by atoms with Crippen LogP contribution >= 0.6 is 0 Å². The van der Waals surface area contributed by atoms with Crippen LogP contribution in [0.1, 0.15) is 40.0 Å². The van der Waals surface area contributed by atoms with Crippen molar-refractivity contribution in [3.63, 3.8) is 0 Å². The molecule has 1 saturated carbocycles. The van der Waals surface area contributed by atoms with Crippen molar-refractivity contribution < 1.29 is 5.21 Å². The highest BCUT2D eigenvalue weighted by molar-refractivity contribution is 5.87. The third-order valence-corrected chi connectivity index (χ3v) is 2.89. The number of rotatable bonds is 1. The normalized spacial score (nSPS) is 34.5. The van der Waals surface area contributed by atoms with Gasteiger partial charge in [-0.3, -0.25) is 0 Å². The van der Waals surface area contributed by atoms with Crippen molar-refractivity contribution >= 4 is 5.71 Å². The fourth-order valence-electron chi connectivity index (χ4n) is 2.07. The average Bonchev–Trinajstić information content (AvgIpc) is 2.03. The van der Waals surface area contributed by atoms with Crippen LogP contribution in [0.5, 0.6) is 0 Å². The lowest BCUT2D eigenvalue weighted by molar-refractivity contribution is 0.291. The van der Waals surface area contributed by atoms with E-state index in [-0.39, 0.29) is 0 Å². The van der Waals surface area contributed by atoms with Gasteiger partial charge in [-0.1, -0.05) is 25.9 Å². The predicted octanol–water partition coefficient (Wildman–Crippen LogP) is 2.91. The van der Waals surface area contributed by atoms with Gasteiger partial charge in [0.15, 0.2) is 0 Å². The summed E-state index contributed by atoms with van der Waals surface area (Å²) in [6.07, 6.45) is 3.46. The molecule has 0 saturated heterocycles. The number of hydrogen-bond acceptors (Lipinski definition) is 2. The number of hydrogen-bond donors (Lipinski definition) is 1. The summed E-state index contributed by atoms with van der Waals surface area (Å²) in [7, 11) is 0. The molecule has 1 fully saturated rings. The topological polar surface area (TPSA) is 32.6 Å². The highest BCUT2D eigenvalue weighted by atomic mass is 16.4. The van der Waals surface area contributed by atoms with Crippen molar-refractivity contribution in [2.24, 2.45) is 22.9 Å². The molecule has 2 atom stereocenters. The zero-order valence-corrected chi connectivity index (χ0v) is 8.25. The van der Waals surface area contributed by atoms with E-state index in [0.29, 0.717) is 17.8 Å². The zero-order chi connectivity index (χ0) is 9.14. The van der Waals surface area contributed by atoms with Crippen LogP contribution in [0.4, 0.5) is 0 Å². The Morgan fingerprint density at radius 3 is 2.58 bits per heavy atom. The quantitative estimate of drug-likeness (QED) is 0.475. The molecule has 2 heteroatoms. The smallest absolute Gasteiger partial charge is 0.0606 e. The van der Waals surface area contributed by atoms with Crippen LogP contribution in [0, 0.1) is 17.8 Å². The van der Waals surface area contributed by atoms with Crippen molar-refractivity contribution in [3.05, 3.63) is 0 Å². The molecule has 70 valence electrons. The zero-order valence-electron chi connectivity index (χ0n) is 8.25. The fraction of sp³-hybridized carbons (Fsp3) is 0.900. The maximum atomic E-state index is 8.82. The van der Waals surface area contributed by atoms with Crippen LogP contribution in [-0.2, 0) is 0 Å². The minimum atomic E-state index is 0.520. The second-order valence-corrected chi connectivity index (χ2v) is 4.33. The highest BCUT2D eigenvalue weighted by Crippen LogP contribution is 2.30. The molecule has 1 N–H and O–H groups in total. The molecule has 0 bridgehead atoms. The van der Waals surface area contributed by atoms with Crippen LogP contribution in [0.25, 0.3) is 0 Å². The molecule has 0 spiro atoms. The second kappa shape index (κ2) is 3.92. The SMILES string of the molecule is CC(C)[C@H]1CC[C@H](C)CC1=NO. The van der Waals surface area contributed by atoms with Crippen LogP contribution in [0.2, 0.25) is 0 Å². The third kappa shape index (κ3) is 1.99. The Kier molecular flexibility index (Phi) is 3.12. The van der Waals surface area contributed by atoms with Crippen molar-refractivity contribution in [2.75, 3.05) is 0 Å². The van der Waals surface area contributed by atoms with Gasteiger partial charge in [0.05, 0.1) is 5.71 Å². The lowest BCUT2D eigenvalue weighted by Gasteiger charge is -2.29. The third-order valence-electron chi connectivity index (χ3n) is 2.89. The van der Waals surface area contributed by atoms with Gasteiger partial charge in [0.2, 0.25) is 0 Å². The largest absolute Gasteiger partial charge is 0.411 e. The maximum absolute atomic E-state index is 8.82. The van der Waals surface area contributed by atoms with Crippen LogP contribution < -0.4 is 0 Å². The standard InChI is InChI=1S/C10H19NO/c1-7(2)9-5-4-8(3)6-10(9)11-12/h7-9,12H,4-6H2,1-3H3/t8-,9+/m0/s1. The van der Waals surface area contributed by atoms with Crippen molar-refractivity contribution in [1.82, 2.24) is 0 Å². The minimum absolute atomic E-state index is 0.520. The van der Waals surface area contributed by atoms with E-state index < -0.39 is 0 Å². The highest BCUT2D eigenvalue weighted by Gasteiger charge is 2.27. The van der Waals surface area contributed by atoms with Gasteiger partial charge < -0.3 is 5.21 Å². The first kappa shape index (κ1) is 9.56. The molecule has 1 aliphatic carbocycles. The van der Waals surface area contributed by atoms with Gasteiger partial charge in [-0.05, 0) is 31.1 Å². The molecule has 0 radical (unpaired) electrons. The van der Waals surface area contributed by atoms with Gasteiger partial charge in [0.1, 0.15) is 0 Å². The lowest BCUT2D eigenvalue weighted by atomic mass is 9.76. The van der Waals surface area contributed by atoms with Crippen molar-refractivity contribution in [2.45, 2.75) is 40.0 Å². The van der Waals surface area contributed by atoms with E-state index in [1.54, 1.807) is 0 Å². The van der Waals surface area contributed by atoms with E-state index in [1.807, 2.05) is 0 Å². The summed E-state index contributed by atoms with van der Waals surface area (Å²) in [5, 5.41) is 12.2. The van der Waals surface area contributed by atoms with Crippen LogP contribution in [0.15, 0.2) is 5.16 Å². The summed E-state index contributed by atoms with van der Waals surface area (Å²) in [6, 6.07) is 0. The molecule has 0 amide bonds. The Morgan fingerprint density at radius 1 is 1.42 bits per heavy atom. The molecule has 0 heterocycles. The van der Waals surface area contributed by atoms with E-state index in [1.165, 1.54) is 12.8 Å². The monoisotopic (exact) mass is 169 g/mol. The number of nitrogens with zero attached hydrogens (tertiary/aromatic N) is 1. The van der Waals surface area contributed by atoms with E-state index in [9.17, 15) is 0 Å². The van der Waals surface area contributed by atoms with Gasteiger partial charge in [-0.2, -0.15) is 0 Å². The van der Waals surface area contributed by atoms with Gasteiger partial charge in [-0.15, -0.1) is 0 Å². The fourth-order valence-corrected chi connectivity index (χ4v) is 2.07. The molecule has 0 aromatic heterocycles. The maximum Gasteiger partial charge on any atom is 0.0606 e. The second-order valence-electron chi connectivity index (χ2n) is 4.33. The molecule has 0 aromatic carbocycles. The molecule has 1 rings (SSSR count). The summed E-state index contributed by atoms with van der Waals surface area (Å²) in [5.74, 6) is 1.83. The summed E-state index contributed by atoms with van der Waals surface area (Å²) < 4.78 is 0. The molecular weight excluding hydrogens is 150 g/mol. The molecule has 0 aliphatic heterocycles. The van der Waals surface area contributed by atoms with Crippen LogP contribution in [0.3, 0.4) is 0 Å². The Hall–Kier alpha value is -0.530. The predicted molar refractivity (Wildman–Crippen MR) is 50.6 cm³/mol. The summed E-state index contributed by atoms with van der Waals surface area (Å²) in [5.41, 5.74) is 1.02. The van der Waals surface area contributed by atoms with Gasteiger partial charge in [0, 0.05) is 5.92 Å². The van der Waals surface area contributed by atoms with Crippen LogP contribution in [-0.4, -0.2) is 10.9 Å². The van der Waals surface area contributed by atoms with E-state index >= 15 is 0 Å². The van der Waals surface area contributed by atoms with Gasteiger partial charge >= 0.3 is 0 Å². The molecule has 2 nitrogen and oxygen atoms in total. The first-order valence-corrected chi connectivity index (χ1v) is 4.86. The summed E-state index contributed by atoms with van der Waals surface area (Å²) in [6.45, 7) is 6.62. The molecular formula is C10H19NO. The molecule has 1 aliphatic rings. The van der Waals surface area contributed by atoms with Gasteiger partial charge in [-0.25, -0.2) is 0 Å². The Labute approximate surface area is 74.7 Å². The molecule has 0 aromatic rings. The molecule has 12 heavy (non-hydrogen) atoms. The lowest BCUT2D eigenvalue weighted by Crippen LogP contribution is -2.27. The van der Waals surface area contributed by atoms with E-state index in [0.717, 1.165) is 12.1 Å². The van der Waals surface area contributed by atoms with E-state index in [2.05, 4.69) is 25.9 Å². The summed E-state index contributed by atoms with van der Waals surface area (Å²) >= 11 is 0.